The van der Waals surface area contributed by atoms with Gasteiger partial charge >= 0.3 is 0 Å². The van der Waals surface area contributed by atoms with Crippen molar-refractivity contribution in [3.63, 3.8) is 0 Å². The van der Waals surface area contributed by atoms with Crippen LogP contribution in [0, 0.1) is 13.8 Å². The molecule has 2 aromatic rings. The fourth-order valence-electron chi connectivity index (χ4n) is 2.44. The summed E-state index contributed by atoms with van der Waals surface area (Å²) >= 11 is 1.80. The molecule has 2 nitrogen and oxygen atoms in total. The van der Waals surface area contributed by atoms with Gasteiger partial charge in [-0.3, -0.25) is 0 Å². The fraction of sp³-hybridized carbons (Fsp3) is 0.471. The first-order valence-electron chi connectivity index (χ1n) is 7.13. The molecule has 0 bridgehead atoms. The first-order valence-corrected chi connectivity index (χ1v) is 7.94. The Bertz CT molecular complexity index is 558. The van der Waals surface area contributed by atoms with Crippen LogP contribution < -0.4 is 5.32 Å². The summed E-state index contributed by atoms with van der Waals surface area (Å²) in [6.45, 7) is 11.9. The van der Waals surface area contributed by atoms with E-state index in [0.29, 0.717) is 6.04 Å². The summed E-state index contributed by atoms with van der Waals surface area (Å²) in [7, 11) is 0. The molecular formula is C17H24N2S. The number of benzene rings is 1. The lowest BCUT2D eigenvalue weighted by Crippen LogP contribution is -2.34. The highest BCUT2D eigenvalue weighted by Crippen LogP contribution is 2.27. The van der Waals surface area contributed by atoms with E-state index in [1.807, 2.05) is 0 Å². The Balaban J connectivity index is 2.03. The monoisotopic (exact) mass is 288 g/mol. The van der Waals surface area contributed by atoms with Gasteiger partial charge in [0.2, 0.25) is 0 Å². The quantitative estimate of drug-likeness (QED) is 0.882. The largest absolute Gasteiger partial charge is 0.309 e. The number of rotatable bonds is 5. The molecule has 0 saturated heterocycles. The molecule has 0 saturated carbocycles. The number of nitrogens with one attached hydrogen (secondary N) is 1. The highest BCUT2D eigenvalue weighted by atomic mass is 32.1. The zero-order valence-electron chi connectivity index (χ0n) is 13.0. The van der Waals surface area contributed by atoms with Gasteiger partial charge in [-0.2, -0.15) is 0 Å². The molecule has 1 atom stereocenters. The second kappa shape index (κ2) is 6.06. The van der Waals surface area contributed by atoms with E-state index >= 15 is 0 Å². The van der Waals surface area contributed by atoms with Gasteiger partial charge in [-0.25, -0.2) is 4.98 Å². The number of aryl methyl sites for hydroxylation is 2. The molecule has 1 aromatic carbocycles. The molecule has 108 valence electrons. The SMILES string of the molecule is Cc1nc(C)c(C(C)NCC(C)(C)c2ccccc2)s1. The van der Waals surface area contributed by atoms with E-state index in [2.05, 4.69) is 75.3 Å². The standard InChI is InChI=1S/C17H24N2S/c1-12(16-13(2)19-14(3)20-16)18-11-17(4,5)15-9-7-6-8-10-15/h6-10,12,18H,11H2,1-5H3. The average Bonchev–Trinajstić information content (AvgIpc) is 2.76. The van der Waals surface area contributed by atoms with Crippen molar-refractivity contribution in [1.29, 1.82) is 0 Å². The van der Waals surface area contributed by atoms with E-state index < -0.39 is 0 Å². The van der Waals surface area contributed by atoms with Gasteiger partial charge in [0.05, 0.1) is 10.7 Å². The van der Waals surface area contributed by atoms with Crippen molar-refractivity contribution in [3.05, 3.63) is 51.5 Å². The summed E-state index contributed by atoms with van der Waals surface area (Å²) in [5.41, 5.74) is 2.66. The maximum Gasteiger partial charge on any atom is 0.0900 e. The van der Waals surface area contributed by atoms with Gasteiger partial charge in [0.25, 0.3) is 0 Å². The minimum atomic E-state index is 0.128. The normalized spacial score (nSPS) is 13.4. The Morgan fingerprint density at radius 2 is 1.85 bits per heavy atom. The predicted molar refractivity (Wildman–Crippen MR) is 87.5 cm³/mol. The molecule has 0 spiro atoms. The number of thiazole rings is 1. The second-order valence-corrected chi connectivity index (χ2v) is 7.27. The Kier molecular flexibility index (Phi) is 4.61. The summed E-state index contributed by atoms with van der Waals surface area (Å²) in [5, 5.41) is 4.81. The lowest BCUT2D eigenvalue weighted by Gasteiger charge is -2.27. The van der Waals surface area contributed by atoms with Gasteiger partial charge in [-0.1, -0.05) is 44.2 Å². The van der Waals surface area contributed by atoms with Crippen LogP contribution >= 0.6 is 11.3 Å². The molecule has 0 aliphatic rings. The van der Waals surface area contributed by atoms with Crippen molar-refractivity contribution in [1.82, 2.24) is 10.3 Å². The highest BCUT2D eigenvalue weighted by Gasteiger charge is 2.22. The average molecular weight is 288 g/mol. The molecule has 1 heterocycles. The molecule has 1 N–H and O–H groups in total. The van der Waals surface area contributed by atoms with Crippen LogP contribution in [0.4, 0.5) is 0 Å². The van der Waals surface area contributed by atoms with Crippen molar-refractivity contribution in [2.45, 2.75) is 46.1 Å². The molecule has 0 fully saturated rings. The summed E-state index contributed by atoms with van der Waals surface area (Å²) < 4.78 is 0. The van der Waals surface area contributed by atoms with Crippen molar-refractivity contribution in [2.24, 2.45) is 0 Å². The third-order valence-corrected chi connectivity index (χ3v) is 4.99. The van der Waals surface area contributed by atoms with Crippen molar-refractivity contribution >= 4 is 11.3 Å². The first kappa shape index (κ1) is 15.2. The fourth-order valence-corrected chi connectivity index (χ4v) is 3.40. The van der Waals surface area contributed by atoms with Crippen LogP contribution in [0.2, 0.25) is 0 Å². The smallest absolute Gasteiger partial charge is 0.0900 e. The van der Waals surface area contributed by atoms with Crippen LogP contribution in [0.25, 0.3) is 0 Å². The zero-order chi connectivity index (χ0) is 14.8. The third kappa shape index (κ3) is 3.47. The van der Waals surface area contributed by atoms with E-state index in [4.69, 9.17) is 0 Å². The summed E-state index contributed by atoms with van der Waals surface area (Å²) in [6.07, 6.45) is 0. The maximum atomic E-state index is 4.51. The van der Waals surface area contributed by atoms with Crippen LogP contribution in [-0.2, 0) is 5.41 Å². The molecule has 0 amide bonds. The molecular weight excluding hydrogens is 264 g/mol. The lowest BCUT2D eigenvalue weighted by molar-refractivity contribution is 0.437. The summed E-state index contributed by atoms with van der Waals surface area (Å²) in [4.78, 5) is 5.87. The Morgan fingerprint density at radius 1 is 1.20 bits per heavy atom. The van der Waals surface area contributed by atoms with Gasteiger partial charge in [0.1, 0.15) is 0 Å². The van der Waals surface area contributed by atoms with E-state index in [1.54, 1.807) is 11.3 Å². The van der Waals surface area contributed by atoms with Crippen LogP contribution in [0.1, 0.15) is 48.0 Å². The van der Waals surface area contributed by atoms with Crippen molar-refractivity contribution in [3.8, 4) is 0 Å². The van der Waals surface area contributed by atoms with Gasteiger partial charge in [-0.15, -0.1) is 11.3 Å². The molecule has 3 heteroatoms. The lowest BCUT2D eigenvalue weighted by atomic mass is 9.84. The van der Waals surface area contributed by atoms with Gasteiger partial charge in [0, 0.05) is 22.9 Å². The number of aromatic nitrogens is 1. The Labute approximate surface area is 126 Å². The van der Waals surface area contributed by atoms with Crippen LogP contribution in [-0.4, -0.2) is 11.5 Å². The second-order valence-electron chi connectivity index (χ2n) is 6.04. The minimum absolute atomic E-state index is 0.128. The molecule has 1 aromatic heterocycles. The number of hydrogen-bond donors (Lipinski definition) is 1. The van der Waals surface area contributed by atoms with Crippen LogP contribution in [0.5, 0.6) is 0 Å². The van der Waals surface area contributed by atoms with E-state index in [-0.39, 0.29) is 5.41 Å². The summed E-state index contributed by atoms with van der Waals surface area (Å²) in [6, 6.07) is 11.0. The van der Waals surface area contributed by atoms with E-state index in [1.165, 1.54) is 10.4 Å². The van der Waals surface area contributed by atoms with E-state index in [0.717, 1.165) is 17.2 Å². The highest BCUT2D eigenvalue weighted by molar-refractivity contribution is 7.11. The molecule has 0 aliphatic carbocycles. The van der Waals surface area contributed by atoms with Gasteiger partial charge < -0.3 is 5.32 Å². The molecule has 0 radical (unpaired) electrons. The first-order chi connectivity index (χ1) is 9.40. The molecule has 0 aliphatic heterocycles. The van der Waals surface area contributed by atoms with Crippen molar-refractivity contribution < 1.29 is 0 Å². The van der Waals surface area contributed by atoms with Crippen LogP contribution in [0.3, 0.4) is 0 Å². The molecule has 2 rings (SSSR count). The zero-order valence-corrected chi connectivity index (χ0v) is 13.8. The predicted octanol–water partition coefficient (Wildman–Crippen LogP) is 4.39. The summed E-state index contributed by atoms with van der Waals surface area (Å²) in [5.74, 6) is 0. The Morgan fingerprint density at radius 3 is 2.40 bits per heavy atom. The maximum absolute atomic E-state index is 4.51. The topological polar surface area (TPSA) is 24.9 Å². The third-order valence-electron chi connectivity index (χ3n) is 3.74. The number of hydrogen-bond acceptors (Lipinski definition) is 3. The van der Waals surface area contributed by atoms with Crippen molar-refractivity contribution in [2.75, 3.05) is 6.54 Å². The number of nitrogens with zero attached hydrogens (tertiary/aromatic N) is 1. The Hall–Kier alpha value is -1.19. The minimum Gasteiger partial charge on any atom is -0.309 e. The molecule has 1 unspecified atom stereocenters. The van der Waals surface area contributed by atoms with Gasteiger partial charge in [-0.05, 0) is 26.3 Å². The van der Waals surface area contributed by atoms with Gasteiger partial charge in [0.15, 0.2) is 0 Å². The van der Waals surface area contributed by atoms with E-state index in [9.17, 15) is 0 Å². The molecule has 20 heavy (non-hydrogen) atoms. The van der Waals surface area contributed by atoms with Crippen LogP contribution in [0.15, 0.2) is 30.3 Å².